The fourth-order valence-electron chi connectivity index (χ4n) is 1.83. The molecule has 0 fully saturated rings. The van der Waals surface area contributed by atoms with Gasteiger partial charge in [0.15, 0.2) is 15.8 Å². The largest absolute Gasteiger partial charge is 0.355 e. The monoisotopic (exact) mass is 457 g/mol. The highest BCUT2D eigenvalue weighted by molar-refractivity contribution is 14.0. The molecule has 0 amide bonds. The number of hydrogen-bond donors (Lipinski definition) is 2. The highest BCUT2D eigenvalue weighted by Crippen LogP contribution is 2.16. The Balaban J connectivity index is 0.00000484. The second-order valence-electron chi connectivity index (χ2n) is 5.11. The summed E-state index contributed by atoms with van der Waals surface area (Å²) in [6.45, 7) is 5.51. The zero-order valence-corrected chi connectivity index (χ0v) is 17.0. The van der Waals surface area contributed by atoms with Crippen molar-refractivity contribution in [2.75, 3.05) is 25.1 Å². The minimum absolute atomic E-state index is 0. The fourth-order valence-corrected chi connectivity index (χ4v) is 2.53. The van der Waals surface area contributed by atoms with Gasteiger partial charge < -0.3 is 10.6 Å². The van der Waals surface area contributed by atoms with E-state index < -0.39 is 9.84 Å². The van der Waals surface area contributed by atoms with Crippen LogP contribution in [0.3, 0.4) is 0 Å². The summed E-state index contributed by atoms with van der Waals surface area (Å²) >= 11 is 0. The molecule has 5 nitrogen and oxygen atoms in total. The Hall–Kier alpha value is -0.900. The van der Waals surface area contributed by atoms with Crippen molar-refractivity contribution < 1.29 is 12.8 Å². The third-order valence-corrected chi connectivity index (χ3v) is 5.12. The van der Waals surface area contributed by atoms with Crippen LogP contribution in [0.4, 0.5) is 4.39 Å². The van der Waals surface area contributed by atoms with Gasteiger partial charge in [0.25, 0.3) is 0 Å². The summed E-state index contributed by atoms with van der Waals surface area (Å²) in [5.74, 6) is 0.417. The van der Waals surface area contributed by atoms with Gasteiger partial charge in [-0.2, -0.15) is 0 Å². The van der Waals surface area contributed by atoms with Crippen LogP contribution in [0.1, 0.15) is 31.0 Å². The Kier molecular flexibility index (Phi) is 9.67. The van der Waals surface area contributed by atoms with E-state index in [1.807, 2.05) is 13.0 Å². The molecule has 1 rings (SSSR count). The van der Waals surface area contributed by atoms with Crippen molar-refractivity contribution in [3.63, 3.8) is 0 Å². The van der Waals surface area contributed by atoms with Gasteiger partial charge in [-0.3, -0.25) is 4.99 Å². The number of aryl methyl sites for hydroxylation is 1. The predicted octanol–water partition coefficient (Wildman–Crippen LogP) is 2.41. The molecule has 0 bridgehead atoms. The molecule has 1 aromatic rings. The number of aliphatic imine (C=N–C) groups is 1. The number of nitrogens with zero attached hydrogens (tertiary/aromatic N) is 1. The SMILES string of the molecule is CCS(=O)(=O)CCNC(=NC)NC(C)c1ccc(C)c(F)c1.I. The molecule has 1 atom stereocenters. The van der Waals surface area contributed by atoms with Crippen molar-refractivity contribution >= 4 is 39.8 Å². The van der Waals surface area contributed by atoms with Gasteiger partial charge in [0, 0.05) is 19.3 Å². The Morgan fingerprint density at radius 3 is 2.57 bits per heavy atom. The zero-order valence-electron chi connectivity index (χ0n) is 13.9. The van der Waals surface area contributed by atoms with E-state index in [-0.39, 0.29) is 53.9 Å². The van der Waals surface area contributed by atoms with Crippen molar-refractivity contribution in [1.29, 1.82) is 0 Å². The highest BCUT2D eigenvalue weighted by atomic mass is 127. The maximum atomic E-state index is 13.6. The summed E-state index contributed by atoms with van der Waals surface area (Å²) in [6, 6.07) is 4.92. The van der Waals surface area contributed by atoms with E-state index >= 15 is 0 Å². The molecule has 23 heavy (non-hydrogen) atoms. The standard InChI is InChI=1S/C15H24FN3O2S.HI/c1-5-22(20,21)9-8-18-15(17-4)19-12(3)13-7-6-11(2)14(16)10-13;/h6-7,10,12H,5,8-9H2,1-4H3,(H2,17,18,19);1H. The molecule has 0 saturated carbocycles. The zero-order chi connectivity index (χ0) is 16.8. The van der Waals surface area contributed by atoms with Gasteiger partial charge >= 0.3 is 0 Å². The maximum Gasteiger partial charge on any atom is 0.191 e. The number of sulfone groups is 1. The molecule has 0 spiro atoms. The molecule has 132 valence electrons. The minimum atomic E-state index is -3.01. The molecule has 0 heterocycles. The van der Waals surface area contributed by atoms with Crippen molar-refractivity contribution in [2.24, 2.45) is 4.99 Å². The summed E-state index contributed by atoms with van der Waals surface area (Å²) in [6.07, 6.45) is 0. The molecule has 0 aliphatic carbocycles. The van der Waals surface area contributed by atoms with Gasteiger partial charge in [-0.25, -0.2) is 12.8 Å². The van der Waals surface area contributed by atoms with E-state index in [0.717, 1.165) is 5.56 Å². The van der Waals surface area contributed by atoms with E-state index in [9.17, 15) is 12.8 Å². The summed E-state index contributed by atoms with van der Waals surface area (Å²) in [5, 5.41) is 6.06. The fraction of sp³-hybridized carbons (Fsp3) is 0.533. The first-order valence-electron chi connectivity index (χ1n) is 7.22. The first kappa shape index (κ1) is 22.1. The quantitative estimate of drug-likeness (QED) is 0.391. The average Bonchev–Trinajstić information content (AvgIpc) is 2.48. The number of guanidine groups is 1. The van der Waals surface area contributed by atoms with Crippen molar-refractivity contribution in [1.82, 2.24) is 10.6 Å². The molecular formula is C15H25FIN3O2S. The molecule has 0 saturated heterocycles. The number of rotatable bonds is 6. The topological polar surface area (TPSA) is 70.6 Å². The number of halogens is 2. The summed E-state index contributed by atoms with van der Waals surface area (Å²) in [7, 11) is -1.41. The molecule has 1 aromatic carbocycles. The molecule has 2 N–H and O–H groups in total. The van der Waals surface area contributed by atoms with Crippen LogP contribution in [-0.4, -0.2) is 39.5 Å². The second-order valence-corrected chi connectivity index (χ2v) is 7.58. The van der Waals surface area contributed by atoms with E-state index in [1.54, 1.807) is 27.0 Å². The molecule has 0 aliphatic heterocycles. The van der Waals surface area contributed by atoms with Crippen molar-refractivity contribution in [3.05, 3.63) is 35.1 Å². The van der Waals surface area contributed by atoms with Gasteiger partial charge in [-0.05, 0) is 31.0 Å². The molecule has 0 aliphatic rings. The van der Waals surface area contributed by atoms with Crippen LogP contribution in [0.2, 0.25) is 0 Å². The lowest BCUT2D eigenvalue weighted by Crippen LogP contribution is -2.40. The first-order valence-corrected chi connectivity index (χ1v) is 9.05. The van der Waals surface area contributed by atoms with Crippen LogP contribution in [-0.2, 0) is 9.84 Å². The van der Waals surface area contributed by atoms with Crippen molar-refractivity contribution in [3.8, 4) is 0 Å². The smallest absolute Gasteiger partial charge is 0.191 e. The highest BCUT2D eigenvalue weighted by Gasteiger charge is 2.11. The lowest BCUT2D eigenvalue weighted by molar-refractivity contribution is 0.594. The lowest BCUT2D eigenvalue weighted by Gasteiger charge is -2.18. The third kappa shape index (κ3) is 7.47. The first-order chi connectivity index (χ1) is 10.3. The molecule has 0 radical (unpaired) electrons. The Morgan fingerprint density at radius 2 is 2.04 bits per heavy atom. The van der Waals surface area contributed by atoms with Gasteiger partial charge in [-0.15, -0.1) is 24.0 Å². The Labute approximate surface area is 155 Å². The number of hydrogen-bond acceptors (Lipinski definition) is 3. The normalized spacial score (nSPS) is 13.2. The van der Waals surface area contributed by atoms with Crippen LogP contribution in [0.25, 0.3) is 0 Å². The molecular weight excluding hydrogens is 432 g/mol. The molecule has 0 aromatic heterocycles. The van der Waals surface area contributed by atoms with Gasteiger partial charge in [-0.1, -0.05) is 19.1 Å². The van der Waals surface area contributed by atoms with Crippen LogP contribution in [0.15, 0.2) is 23.2 Å². The van der Waals surface area contributed by atoms with Crippen LogP contribution in [0.5, 0.6) is 0 Å². The predicted molar refractivity (Wildman–Crippen MR) is 104 cm³/mol. The van der Waals surface area contributed by atoms with Crippen LogP contribution >= 0.6 is 24.0 Å². The summed E-state index contributed by atoms with van der Waals surface area (Å²) in [5.41, 5.74) is 1.40. The number of nitrogens with one attached hydrogen (secondary N) is 2. The Bertz CT molecular complexity index is 636. The summed E-state index contributed by atoms with van der Waals surface area (Å²) in [4.78, 5) is 4.04. The van der Waals surface area contributed by atoms with Crippen LogP contribution in [0, 0.1) is 12.7 Å². The van der Waals surface area contributed by atoms with Gasteiger partial charge in [0.05, 0.1) is 11.8 Å². The number of benzene rings is 1. The average molecular weight is 457 g/mol. The Morgan fingerprint density at radius 1 is 1.39 bits per heavy atom. The molecule has 8 heteroatoms. The van der Waals surface area contributed by atoms with E-state index in [2.05, 4.69) is 15.6 Å². The maximum absolute atomic E-state index is 13.6. The minimum Gasteiger partial charge on any atom is -0.355 e. The molecule has 1 unspecified atom stereocenters. The van der Waals surface area contributed by atoms with Crippen molar-refractivity contribution in [2.45, 2.75) is 26.8 Å². The third-order valence-electron chi connectivity index (χ3n) is 3.42. The van der Waals surface area contributed by atoms with E-state index in [4.69, 9.17) is 0 Å². The second kappa shape index (κ2) is 10.1. The van der Waals surface area contributed by atoms with Gasteiger partial charge in [0.1, 0.15) is 5.82 Å². The van der Waals surface area contributed by atoms with Crippen LogP contribution < -0.4 is 10.6 Å². The lowest BCUT2D eigenvalue weighted by atomic mass is 10.1. The van der Waals surface area contributed by atoms with Gasteiger partial charge in [0.2, 0.25) is 0 Å². The van der Waals surface area contributed by atoms with E-state index in [1.165, 1.54) is 6.07 Å². The summed E-state index contributed by atoms with van der Waals surface area (Å²) < 4.78 is 36.5. The van der Waals surface area contributed by atoms with E-state index in [0.29, 0.717) is 11.5 Å².